The first-order valence-electron chi connectivity index (χ1n) is 7.16. The summed E-state index contributed by atoms with van der Waals surface area (Å²) < 4.78 is 19.6. The number of carboxylic acid groups (broad SMARTS) is 1. The molecule has 1 aromatic rings. The van der Waals surface area contributed by atoms with Gasteiger partial charge in [0.05, 0.1) is 5.69 Å². The molecule has 2 aliphatic heterocycles. The maximum atomic E-state index is 14.3. The molecule has 1 atom stereocenters. The van der Waals surface area contributed by atoms with Gasteiger partial charge in [-0.3, -0.25) is 0 Å². The van der Waals surface area contributed by atoms with Crippen molar-refractivity contribution in [2.24, 2.45) is 0 Å². The van der Waals surface area contributed by atoms with E-state index in [1.165, 1.54) is 0 Å². The van der Waals surface area contributed by atoms with Crippen molar-refractivity contribution in [1.82, 2.24) is 4.90 Å². The molecule has 1 fully saturated rings. The Morgan fingerprint density at radius 2 is 2.05 bits per heavy atom. The highest BCUT2D eigenvalue weighted by molar-refractivity contribution is 5.77. The summed E-state index contributed by atoms with van der Waals surface area (Å²) in [6.45, 7) is 3.48. The molecule has 2 aliphatic rings. The van der Waals surface area contributed by atoms with Gasteiger partial charge in [0.15, 0.2) is 5.75 Å². The van der Waals surface area contributed by atoms with Crippen molar-refractivity contribution in [3.05, 3.63) is 23.8 Å². The van der Waals surface area contributed by atoms with E-state index >= 15 is 0 Å². The van der Waals surface area contributed by atoms with Crippen molar-refractivity contribution < 1.29 is 19.0 Å². The van der Waals surface area contributed by atoms with Crippen LogP contribution in [0.5, 0.6) is 5.75 Å². The summed E-state index contributed by atoms with van der Waals surface area (Å²) in [6, 6.07) is 5.66. The number of aliphatic carboxylic acids is 1. The van der Waals surface area contributed by atoms with Crippen LogP contribution >= 0.6 is 0 Å². The molecule has 0 bridgehead atoms. The Morgan fingerprint density at radius 3 is 2.71 bits per heavy atom. The second-order valence-corrected chi connectivity index (χ2v) is 5.69. The van der Waals surface area contributed by atoms with Gasteiger partial charge in [0, 0.05) is 32.6 Å². The first-order chi connectivity index (χ1) is 9.99. The van der Waals surface area contributed by atoms with Crippen LogP contribution in [0.25, 0.3) is 0 Å². The Hall–Kier alpha value is -1.82. The molecule has 5 nitrogen and oxygen atoms in total. The number of likely N-dealkylation sites (N-methyl/N-ethyl adjacent to an activating group) is 1. The topological polar surface area (TPSA) is 53.0 Å². The van der Waals surface area contributed by atoms with Crippen molar-refractivity contribution in [3.8, 4) is 5.75 Å². The fourth-order valence-corrected chi connectivity index (χ4v) is 2.84. The number of hydrogen-bond donors (Lipinski definition) is 1. The van der Waals surface area contributed by atoms with E-state index in [1.807, 2.05) is 18.2 Å². The van der Waals surface area contributed by atoms with Crippen LogP contribution in [0.1, 0.15) is 12.0 Å². The van der Waals surface area contributed by atoms with Gasteiger partial charge < -0.3 is 19.6 Å². The lowest BCUT2D eigenvalue weighted by atomic mass is 9.99. The normalized spacial score (nSPS) is 26.1. The lowest BCUT2D eigenvalue weighted by molar-refractivity contribution is -0.176. The number of aryl methyl sites for hydroxylation is 1. The van der Waals surface area contributed by atoms with E-state index in [2.05, 4.69) is 16.8 Å². The standard InChI is InChI=1S/C15H19FN2O3/c1-17-7-9-18(10-8-17)12-4-2-3-11-5-6-15(16,14(19)20)21-13(11)12/h2-4H,5-10H2,1H3,(H,19,20). The van der Waals surface area contributed by atoms with E-state index in [-0.39, 0.29) is 6.42 Å². The van der Waals surface area contributed by atoms with Crippen LogP contribution in [0.2, 0.25) is 0 Å². The number of rotatable bonds is 2. The summed E-state index contributed by atoms with van der Waals surface area (Å²) in [5, 5.41) is 9.04. The molecule has 0 aromatic heterocycles. The molecule has 6 heteroatoms. The molecule has 0 radical (unpaired) electrons. The van der Waals surface area contributed by atoms with Crippen molar-refractivity contribution in [2.75, 3.05) is 38.1 Å². The number of nitrogens with zero attached hydrogens (tertiary/aromatic N) is 2. The largest absolute Gasteiger partial charge is 0.476 e. The fourth-order valence-electron chi connectivity index (χ4n) is 2.84. The summed E-state index contributed by atoms with van der Waals surface area (Å²) >= 11 is 0. The number of carbonyl (C=O) groups is 1. The second kappa shape index (κ2) is 5.18. The van der Waals surface area contributed by atoms with Crippen LogP contribution in [-0.2, 0) is 11.2 Å². The third-order valence-electron chi connectivity index (χ3n) is 4.22. The van der Waals surface area contributed by atoms with Crippen LogP contribution in [0.3, 0.4) is 0 Å². The summed E-state index contributed by atoms with van der Waals surface area (Å²) in [6.07, 6.45) is 0.223. The fraction of sp³-hybridized carbons (Fsp3) is 0.533. The Labute approximate surface area is 122 Å². The average molecular weight is 294 g/mol. The molecular formula is C15H19FN2O3. The minimum atomic E-state index is -2.62. The van der Waals surface area contributed by atoms with Gasteiger partial charge in [-0.2, -0.15) is 4.39 Å². The molecule has 21 heavy (non-hydrogen) atoms. The summed E-state index contributed by atoms with van der Waals surface area (Å²) in [4.78, 5) is 15.5. The monoisotopic (exact) mass is 294 g/mol. The third kappa shape index (κ3) is 2.55. The lowest BCUT2D eigenvalue weighted by Crippen LogP contribution is -2.46. The smallest absolute Gasteiger partial charge is 0.382 e. The highest BCUT2D eigenvalue weighted by atomic mass is 19.2. The predicted molar refractivity (Wildman–Crippen MR) is 76.6 cm³/mol. The number of anilines is 1. The summed E-state index contributed by atoms with van der Waals surface area (Å²) in [7, 11) is 2.06. The first-order valence-corrected chi connectivity index (χ1v) is 7.16. The van der Waals surface area contributed by atoms with Gasteiger partial charge in [-0.1, -0.05) is 12.1 Å². The molecule has 3 rings (SSSR count). The lowest BCUT2D eigenvalue weighted by Gasteiger charge is -2.37. The molecule has 1 aromatic carbocycles. The zero-order valence-electron chi connectivity index (χ0n) is 12.0. The van der Waals surface area contributed by atoms with Gasteiger partial charge >= 0.3 is 11.8 Å². The van der Waals surface area contributed by atoms with Crippen molar-refractivity contribution >= 4 is 11.7 Å². The van der Waals surface area contributed by atoms with E-state index < -0.39 is 11.8 Å². The van der Waals surface area contributed by atoms with Gasteiger partial charge in [-0.15, -0.1) is 0 Å². The quantitative estimate of drug-likeness (QED) is 0.896. The number of ether oxygens (including phenoxy) is 1. The van der Waals surface area contributed by atoms with Crippen LogP contribution in [0.4, 0.5) is 10.1 Å². The number of halogens is 1. The van der Waals surface area contributed by atoms with Crippen LogP contribution in [0.15, 0.2) is 18.2 Å². The molecule has 0 saturated carbocycles. The van der Waals surface area contributed by atoms with Gasteiger partial charge in [-0.05, 0) is 25.1 Å². The highest BCUT2D eigenvalue weighted by Crippen LogP contribution is 2.41. The highest BCUT2D eigenvalue weighted by Gasteiger charge is 2.45. The first kappa shape index (κ1) is 14.1. The molecule has 0 aliphatic carbocycles. The Morgan fingerprint density at radius 1 is 1.33 bits per heavy atom. The maximum Gasteiger partial charge on any atom is 0.382 e. The Bertz CT molecular complexity index is 558. The predicted octanol–water partition coefficient (Wildman–Crippen LogP) is 1.51. The number of fused-ring (bicyclic) bond motifs is 1. The number of para-hydroxylation sites is 1. The van der Waals surface area contributed by atoms with E-state index in [9.17, 15) is 9.18 Å². The summed E-state index contributed by atoms with van der Waals surface area (Å²) in [5.74, 6) is -3.78. The Balaban J connectivity index is 1.92. The molecule has 2 heterocycles. The maximum absolute atomic E-state index is 14.3. The van der Waals surface area contributed by atoms with Crippen LogP contribution < -0.4 is 9.64 Å². The molecule has 1 saturated heterocycles. The van der Waals surface area contributed by atoms with E-state index in [4.69, 9.17) is 9.84 Å². The van der Waals surface area contributed by atoms with Gasteiger partial charge in [0.2, 0.25) is 0 Å². The van der Waals surface area contributed by atoms with Crippen molar-refractivity contribution in [2.45, 2.75) is 18.7 Å². The molecule has 1 unspecified atom stereocenters. The Kier molecular flexibility index (Phi) is 3.49. The summed E-state index contributed by atoms with van der Waals surface area (Å²) in [5.41, 5.74) is 1.67. The molecule has 0 spiro atoms. The molecule has 114 valence electrons. The SMILES string of the molecule is CN1CCN(c2cccc3c2OC(F)(C(=O)O)CC3)CC1. The number of piperazine rings is 1. The number of benzene rings is 1. The molecule has 1 N–H and O–H groups in total. The molecule has 0 amide bonds. The zero-order valence-corrected chi connectivity index (χ0v) is 12.0. The van der Waals surface area contributed by atoms with E-state index in [0.29, 0.717) is 12.2 Å². The molecular weight excluding hydrogens is 275 g/mol. The van der Waals surface area contributed by atoms with Gasteiger partial charge in [0.25, 0.3) is 0 Å². The van der Waals surface area contributed by atoms with Crippen molar-refractivity contribution in [1.29, 1.82) is 0 Å². The minimum Gasteiger partial charge on any atom is -0.476 e. The van der Waals surface area contributed by atoms with Crippen molar-refractivity contribution in [3.63, 3.8) is 0 Å². The minimum absolute atomic E-state index is 0.151. The third-order valence-corrected chi connectivity index (χ3v) is 4.22. The van der Waals surface area contributed by atoms with Gasteiger partial charge in [-0.25, -0.2) is 4.79 Å². The zero-order chi connectivity index (χ0) is 15.0. The van der Waals surface area contributed by atoms with E-state index in [0.717, 1.165) is 37.4 Å². The number of alkyl halides is 1. The van der Waals surface area contributed by atoms with Crippen LogP contribution in [0, 0.1) is 0 Å². The number of hydrogen-bond acceptors (Lipinski definition) is 4. The van der Waals surface area contributed by atoms with Gasteiger partial charge in [0.1, 0.15) is 0 Å². The second-order valence-electron chi connectivity index (χ2n) is 5.69. The number of carboxylic acids is 1. The van der Waals surface area contributed by atoms with Crippen LogP contribution in [-0.4, -0.2) is 55.1 Å². The average Bonchev–Trinajstić information content (AvgIpc) is 2.47. The van der Waals surface area contributed by atoms with E-state index in [1.54, 1.807) is 0 Å².